The van der Waals surface area contributed by atoms with Crippen molar-refractivity contribution in [3.8, 4) is 23.0 Å². The molecule has 5 aliphatic heterocycles. The van der Waals surface area contributed by atoms with E-state index in [0.717, 1.165) is 27.4 Å². The topological polar surface area (TPSA) is 367 Å². The Morgan fingerprint density at radius 3 is 1.71 bits per heavy atom. The Balaban J connectivity index is 0.682. The molecular weight excluding hydrogens is 1450 g/mol. The lowest BCUT2D eigenvalue weighted by atomic mass is 9.73. The number of fused-ring (bicyclic) bond motifs is 4. The van der Waals surface area contributed by atoms with Gasteiger partial charge in [-0.2, -0.15) is 0 Å². The number of carbonyl (C=O) groups excluding carboxylic acids is 9. The van der Waals surface area contributed by atoms with Crippen LogP contribution < -0.4 is 45.1 Å². The molecule has 0 radical (unpaired) electrons. The fourth-order valence-electron chi connectivity index (χ4n) is 13.0. The predicted octanol–water partition coefficient (Wildman–Crippen LogP) is 6.96. The van der Waals surface area contributed by atoms with E-state index in [-0.39, 0.29) is 105 Å². The predicted molar refractivity (Wildman–Crippen MR) is 411 cm³/mol. The molecule has 0 spiro atoms. The molecule has 9 amide bonds. The first-order valence-electron chi connectivity index (χ1n) is 38.0. The van der Waals surface area contributed by atoms with Crippen LogP contribution in [0.1, 0.15) is 127 Å². The Morgan fingerprint density at radius 2 is 1.13 bits per heavy atom. The Hall–Kier alpha value is -9.38. The van der Waals surface area contributed by atoms with E-state index >= 15 is 0 Å². The Labute approximate surface area is 654 Å². The standard InChI is InChI=1S/C80H111N9O23/c1-12-80(9,51-112-66-43-61-59(41-64(66)100-10)75(96)87-46-53(4)39-58(87)45-82-61)49-79(7,8)50-111-67-44-62-60(42-65(67)101-11)76(97)88-47-54(5)40-63(88)77(98)89(62)78(99)110-48-56-13-15-57(16-14-56)84-73(94)55(6)83-74(95)72(52(2)3)85-69(91)20-23-102-25-27-104-29-31-106-33-35-108-37-38-109-36-34-107-32-30-105-28-26-103-24-21-81-68(90)19-22-86-70(92)17-18-71(86)93/h13-18,41-47,52,55,58,63,72,77,98H,12,19-40,48-51H2,1-11H3,(H,81,90)(H,83,95)(H,84,94)(H,85,91). The van der Waals surface area contributed by atoms with Crippen LogP contribution >= 0.6 is 0 Å². The van der Waals surface area contributed by atoms with Crippen LogP contribution in [0.4, 0.5) is 21.9 Å². The molecule has 112 heavy (non-hydrogen) atoms. The molecule has 3 aromatic carbocycles. The summed E-state index contributed by atoms with van der Waals surface area (Å²) in [5.41, 5.74) is 2.97. The van der Waals surface area contributed by atoms with Crippen molar-refractivity contribution >= 4 is 76.6 Å². The third-order valence-corrected chi connectivity index (χ3v) is 19.1. The molecule has 0 aromatic heterocycles. The van der Waals surface area contributed by atoms with Crippen LogP contribution in [0, 0.1) is 16.7 Å². The van der Waals surface area contributed by atoms with E-state index < -0.39 is 76.7 Å². The average molecular weight is 1570 g/mol. The minimum Gasteiger partial charge on any atom is -0.493 e. The van der Waals surface area contributed by atoms with Gasteiger partial charge in [0.05, 0.1) is 168 Å². The van der Waals surface area contributed by atoms with Crippen molar-refractivity contribution in [2.75, 3.05) is 156 Å². The third-order valence-electron chi connectivity index (χ3n) is 19.1. The van der Waals surface area contributed by atoms with E-state index in [4.69, 9.17) is 66.6 Å². The first-order chi connectivity index (χ1) is 53.7. The lowest BCUT2D eigenvalue weighted by Gasteiger charge is -2.37. The van der Waals surface area contributed by atoms with E-state index in [9.17, 15) is 48.3 Å². The normalized spacial score (nSPS) is 17.5. The molecular formula is C80H111N9O23. The van der Waals surface area contributed by atoms with Gasteiger partial charge in [0.25, 0.3) is 23.6 Å². The highest BCUT2D eigenvalue weighted by Gasteiger charge is 2.46. The summed E-state index contributed by atoms with van der Waals surface area (Å²) in [5.74, 6) is -2.23. The van der Waals surface area contributed by atoms with Gasteiger partial charge in [-0.1, -0.05) is 64.8 Å². The lowest BCUT2D eigenvalue weighted by Crippen LogP contribution is -2.53. The number of aliphatic hydroxyl groups is 1. The zero-order valence-corrected chi connectivity index (χ0v) is 66.2. The minimum absolute atomic E-state index is 0.0171. The second-order valence-electron chi connectivity index (χ2n) is 29.3. The number of benzene rings is 3. The van der Waals surface area contributed by atoms with Crippen molar-refractivity contribution in [3.05, 3.63) is 101 Å². The van der Waals surface area contributed by atoms with Crippen LogP contribution in [0.5, 0.6) is 23.0 Å². The summed E-state index contributed by atoms with van der Waals surface area (Å²) in [6.07, 6.45) is 7.55. The van der Waals surface area contributed by atoms with E-state index in [0.29, 0.717) is 146 Å². The molecule has 3 aromatic rings. The molecule has 32 nitrogen and oxygen atoms in total. The molecule has 0 saturated heterocycles. The number of nitrogens with one attached hydrogen (secondary N) is 4. The number of ether oxygens (including phenoxy) is 13. The molecule has 32 heteroatoms. The second kappa shape index (κ2) is 43.6. The molecule has 6 atom stereocenters. The number of imide groups is 1. The molecule has 8 rings (SSSR count). The van der Waals surface area contributed by atoms with Crippen LogP contribution in [0.15, 0.2) is 89.2 Å². The molecule has 0 saturated carbocycles. The molecule has 0 bridgehead atoms. The van der Waals surface area contributed by atoms with Crippen LogP contribution in [-0.4, -0.2) is 256 Å². The van der Waals surface area contributed by atoms with Gasteiger partial charge in [-0.25, -0.2) is 9.69 Å². The first kappa shape index (κ1) is 88.2. The number of methoxy groups -OCH3 is 2. The summed E-state index contributed by atoms with van der Waals surface area (Å²) >= 11 is 0. The van der Waals surface area contributed by atoms with Gasteiger partial charge in [0.2, 0.25) is 23.6 Å². The van der Waals surface area contributed by atoms with Crippen LogP contribution in [0.25, 0.3) is 0 Å². The number of amides is 9. The van der Waals surface area contributed by atoms with E-state index in [1.807, 2.05) is 20.0 Å². The first-order valence-corrected chi connectivity index (χ1v) is 38.0. The van der Waals surface area contributed by atoms with Gasteiger partial charge >= 0.3 is 6.09 Å². The van der Waals surface area contributed by atoms with Crippen LogP contribution in [-0.2, 0) is 78.0 Å². The molecule has 0 fully saturated rings. The molecule has 614 valence electrons. The number of nitrogens with zero attached hydrogens (tertiary/aromatic N) is 5. The number of anilines is 2. The fourth-order valence-corrected chi connectivity index (χ4v) is 13.0. The Morgan fingerprint density at radius 1 is 0.607 bits per heavy atom. The highest BCUT2D eigenvalue weighted by atomic mass is 16.6. The van der Waals surface area contributed by atoms with Gasteiger partial charge in [-0.05, 0) is 87.6 Å². The van der Waals surface area contributed by atoms with Crippen molar-refractivity contribution in [1.82, 2.24) is 30.7 Å². The van der Waals surface area contributed by atoms with Gasteiger partial charge < -0.3 is 97.8 Å². The maximum atomic E-state index is 14.5. The van der Waals surface area contributed by atoms with Gasteiger partial charge in [0.1, 0.15) is 18.7 Å². The van der Waals surface area contributed by atoms with Crippen molar-refractivity contribution in [2.24, 2.45) is 21.7 Å². The molecule has 5 aliphatic rings. The average Bonchev–Trinajstić information content (AvgIpc) is 1.53. The molecule has 6 unspecified atom stereocenters. The highest BCUT2D eigenvalue weighted by Crippen LogP contribution is 2.45. The van der Waals surface area contributed by atoms with Gasteiger partial charge in [0.15, 0.2) is 29.2 Å². The van der Waals surface area contributed by atoms with E-state index in [1.54, 1.807) is 67.6 Å². The number of hydrogen-bond acceptors (Lipinski definition) is 24. The Kier molecular flexibility index (Phi) is 34.3. The monoisotopic (exact) mass is 1570 g/mol. The zero-order chi connectivity index (χ0) is 80.9. The molecule has 0 aliphatic carbocycles. The maximum absolute atomic E-state index is 14.5. The quantitative estimate of drug-likeness (QED) is 0.0281. The summed E-state index contributed by atoms with van der Waals surface area (Å²) < 4.78 is 74.7. The number of hydrogen-bond donors (Lipinski definition) is 5. The zero-order valence-electron chi connectivity index (χ0n) is 66.2. The van der Waals surface area contributed by atoms with E-state index in [1.165, 1.54) is 50.3 Å². The highest BCUT2D eigenvalue weighted by molar-refractivity contribution is 6.13. The second-order valence-corrected chi connectivity index (χ2v) is 29.3. The van der Waals surface area contributed by atoms with Gasteiger partial charge in [0, 0.05) is 79.9 Å². The van der Waals surface area contributed by atoms with Crippen molar-refractivity contribution < 1.29 is 110 Å². The minimum atomic E-state index is -1.55. The summed E-state index contributed by atoms with van der Waals surface area (Å²) in [6, 6.07) is 9.99. The summed E-state index contributed by atoms with van der Waals surface area (Å²) in [4.78, 5) is 127. The lowest BCUT2D eigenvalue weighted by molar-refractivity contribution is -0.137. The van der Waals surface area contributed by atoms with Crippen molar-refractivity contribution in [2.45, 2.75) is 138 Å². The number of aliphatic hydroxyl groups excluding tert-OH is 1. The van der Waals surface area contributed by atoms with Crippen molar-refractivity contribution in [1.29, 1.82) is 0 Å². The molecule has 5 N–H and O–H groups in total. The van der Waals surface area contributed by atoms with E-state index in [2.05, 4.69) is 49.0 Å². The summed E-state index contributed by atoms with van der Waals surface area (Å²) in [7, 11) is 2.99. The fraction of sp³-hybridized carbons (Fsp3) is 0.575. The summed E-state index contributed by atoms with van der Waals surface area (Å²) in [5, 5.41) is 23.0. The summed E-state index contributed by atoms with van der Waals surface area (Å²) in [6.45, 7) is 23.2. The maximum Gasteiger partial charge on any atom is 0.416 e. The number of aliphatic imine (C=N–C) groups is 1. The van der Waals surface area contributed by atoms with Crippen molar-refractivity contribution in [3.63, 3.8) is 0 Å². The smallest absolute Gasteiger partial charge is 0.416 e. The van der Waals surface area contributed by atoms with Gasteiger partial charge in [-0.15, -0.1) is 0 Å². The SMILES string of the molecule is CCC(C)(COc1cc2c(cc1OC)C(=O)N1C=C(C)CC1C=N2)CC(C)(C)COc1cc2c(cc1OC)C(=O)N1C=C(C)CC1C(O)N2C(=O)OCc1ccc(NC(=O)C(C)NC(=O)C(NC(=O)CCOCCOCCOCCOCCOCCOCCOCCOCCNC(=O)CCN2C(=O)C=CC2=O)C(C)C)cc1. The van der Waals surface area contributed by atoms with Gasteiger partial charge in [-0.3, -0.25) is 48.2 Å². The Bertz CT molecular complexity index is 3830. The number of carbonyl (C=O) groups is 9. The van der Waals surface area contributed by atoms with Crippen LogP contribution in [0.2, 0.25) is 0 Å². The third kappa shape index (κ3) is 26.1. The number of rotatable bonds is 49. The van der Waals surface area contributed by atoms with Crippen LogP contribution in [0.3, 0.4) is 0 Å². The largest absolute Gasteiger partial charge is 0.493 e. The molecule has 5 heterocycles.